The normalized spacial score (nSPS) is 35.5. The third-order valence-electron chi connectivity index (χ3n) is 4.73. The fraction of sp³-hybridized carbons (Fsp3) is 1.00. The molecule has 1 saturated heterocycles. The lowest BCUT2D eigenvalue weighted by Crippen LogP contribution is -2.59. The first kappa shape index (κ1) is 14.3. The molecule has 1 aliphatic heterocycles. The van der Waals surface area contributed by atoms with Crippen molar-refractivity contribution in [1.29, 1.82) is 0 Å². The summed E-state index contributed by atoms with van der Waals surface area (Å²) in [6, 6.07) is 1.56. The predicted molar refractivity (Wildman–Crippen MR) is 77.9 cm³/mol. The Morgan fingerprint density at radius 1 is 1.17 bits per heavy atom. The summed E-state index contributed by atoms with van der Waals surface area (Å²) in [6.07, 6.45) is 2.82. The molecule has 3 atom stereocenters. The van der Waals surface area contributed by atoms with Gasteiger partial charge in [-0.1, -0.05) is 0 Å². The molecule has 0 bridgehead atoms. The van der Waals surface area contributed by atoms with Gasteiger partial charge in [0.2, 0.25) is 0 Å². The molecule has 3 nitrogen and oxygen atoms in total. The summed E-state index contributed by atoms with van der Waals surface area (Å²) in [5.74, 6) is 0.875. The van der Waals surface area contributed by atoms with Crippen LogP contribution in [0.3, 0.4) is 0 Å². The highest BCUT2D eigenvalue weighted by Gasteiger charge is 2.37. The van der Waals surface area contributed by atoms with Gasteiger partial charge >= 0.3 is 0 Å². The van der Waals surface area contributed by atoms with Gasteiger partial charge in [0, 0.05) is 37.3 Å². The van der Waals surface area contributed by atoms with Gasteiger partial charge in [-0.3, -0.25) is 4.90 Å². The Hall–Kier alpha value is -0.120. The highest BCUT2D eigenvalue weighted by atomic mass is 15.3. The van der Waals surface area contributed by atoms with Crippen molar-refractivity contribution in [2.45, 2.75) is 58.2 Å². The number of likely N-dealkylation sites (N-methyl/N-ethyl adjacent to an activating group) is 1. The molecule has 0 radical (unpaired) electrons. The molecule has 2 aliphatic rings. The number of piperazine rings is 1. The smallest absolute Gasteiger partial charge is 0.0192 e. The molecule has 1 saturated carbocycles. The van der Waals surface area contributed by atoms with Crippen LogP contribution >= 0.6 is 0 Å². The first-order valence-electron chi connectivity index (χ1n) is 7.56. The van der Waals surface area contributed by atoms with E-state index in [1.54, 1.807) is 0 Å². The first-order valence-corrected chi connectivity index (χ1v) is 7.56. The molecule has 0 amide bonds. The molecule has 0 aromatic heterocycles. The summed E-state index contributed by atoms with van der Waals surface area (Å²) in [7, 11) is 2.25. The molecule has 0 aromatic carbocycles. The molecule has 2 fully saturated rings. The number of nitrogens with zero attached hydrogens (tertiary/aromatic N) is 2. The highest BCUT2D eigenvalue weighted by Crippen LogP contribution is 2.33. The standard InChI is InChI=1S/C15H31N3/c1-12-11-18(9-8-17(12)5)14-7-6-13(14)10-16-15(2,3)4/h12-14,16H,6-11H2,1-5H3. The second-order valence-corrected chi connectivity index (χ2v) is 7.36. The molecule has 3 heteroatoms. The van der Waals surface area contributed by atoms with E-state index in [2.05, 4.69) is 49.9 Å². The molecular weight excluding hydrogens is 222 g/mol. The Labute approximate surface area is 113 Å². The van der Waals surface area contributed by atoms with Crippen molar-refractivity contribution < 1.29 is 0 Å². The minimum atomic E-state index is 0.259. The molecule has 0 aromatic rings. The zero-order valence-corrected chi connectivity index (χ0v) is 12.9. The Kier molecular flexibility index (Phi) is 4.35. The van der Waals surface area contributed by atoms with Crippen LogP contribution in [-0.2, 0) is 0 Å². The lowest BCUT2D eigenvalue weighted by molar-refractivity contribution is 0.00492. The van der Waals surface area contributed by atoms with Crippen LogP contribution in [0.4, 0.5) is 0 Å². The second-order valence-electron chi connectivity index (χ2n) is 7.36. The van der Waals surface area contributed by atoms with E-state index >= 15 is 0 Å². The van der Waals surface area contributed by atoms with E-state index in [9.17, 15) is 0 Å². The molecule has 2 rings (SSSR count). The zero-order chi connectivity index (χ0) is 13.3. The summed E-state index contributed by atoms with van der Waals surface area (Å²) in [5, 5.41) is 3.68. The van der Waals surface area contributed by atoms with Crippen molar-refractivity contribution in [1.82, 2.24) is 15.1 Å². The first-order chi connectivity index (χ1) is 8.37. The van der Waals surface area contributed by atoms with E-state index in [1.807, 2.05) is 0 Å². The monoisotopic (exact) mass is 253 g/mol. The van der Waals surface area contributed by atoms with E-state index < -0.39 is 0 Å². The number of rotatable bonds is 3. The average Bonchev–Trinajstić information content (AvgIpc) is 2.20. The van der Waals surface area contributed by atoms with Gasteiger partial charge < -0.3 is 10.2 Å². The van der Waals surface area contributed by atoms with Crippen LogP contribution in [0.5, 0.6) is 0 Å². The van der Waals surface area contributed by atoms with Crippen LogP contribution in [-0.4, -0.2) is 60.6 Å². The van der Waals surface area contributed by atoms with E-state index in [0.717, 1.165) is 18.0 Å². The third-order valence-corrected chi connectivity index (χ3v) is 4.73. The number of hydrogen-bond acceptors (Lipinski definition) is 3. The van der Waals surface area contributed by atoms with Crippen molar-refractivity contribution in [2.24, 2.45) is 5.92 Å². The summed E-state index contributed by atoms with van der Waals surface area (Å²) in [4.78, 5) is 5.22. The molecule has 0 spiro atoms. The zero-order valence-electron chi connectivity index (χ0n) is 12.9. The minimum absolute atomic E-state index is 0.259. The third kappa shape index (κ3) is 3.46. The molecule has 18 heavy (non-hydrogen) atoms. The molecule has 3 unspecified atom stereocenters. The Morgan fingerprint density at radius 3 is 2.39 bits per heavy atom. The lowest BCUT2D eigenvalue weighted by Gasteiger charge is -2.49. The summed E-state index contributed by atoms with van der Waals surface area (Å²) < 4.78 is 0. The van der Waals surface area contributed by atoms with Crippen LogP contribution in [0.25, 0.3) is 0 Å². The second kappa shape index (κ2) is 5.48. The van der Waals surface area contributed by atoms with Gasteiger partial charge in [0.1, 0.15) is 0 Å². The summed E-state index contributed by atoms with van der Waals surface area (Å²) >= 11 is 0. The van der Waals surface area contributed by atoms with E-state index in [0.29, 0.717) is 0 Å². The van der Waals surface area contributed by atoms with Crippen LogP contribution in [0.1, 0.15) is 40.5 Å². The Balaban J connectivity index is 1.79. The lowest BCUT2D eigenvalue weighted by atomic mass is 9.77. The van der Waals surface area contributed by atoms with Crippen molar-refractivity contribution in [3.05, 3.63) is 0 Å². The van der Waals surface area contributed by atoms with Crippen LogP contribution in [0, 0.1) is 5.92 Å². The largest absolute Gasteiger partial charge is 0.312 e. The van der Waals surface area contributed by atoms with Gasteiger partial charge in [0.05, 0.1) is 0 Å². The van der Waals surface area contributed by atoms with Crippen molar-refractivity contribution in [2.75, 3.05) is 33.2 Å². The van der Waals surface area contributed by atoms with Gasteiger partial charge in [-0.15, -0.1) is 0 Å². The fourth-order valence-corrected chi connectivity index (χ4v) is 3.09. The van der Waals surface area contributed by atoms with Crippen molar-refractivity contribution in [3.8, 4) is 0 Å². The van der Waals surface area contributed by atoms with Gasteiger partial charge in [-0.05, 0) is 60.0 Å². The molecule has 106 valence electrons. The maximum Gasteiger partial charge on any atom is 0.0192 e. The summed E-state index contributed by atoms with van der Waals surface area (Å²) in [6.45, 7) is 14.1. The quantitative estimate of drug-likeness (QED) is 0.827. The van der Waals surface area contributed by atoms with Crippen molar-refractivity contribution >= 4 is 0 Å². The van der Waals surface area contributed by atoms with Crippen LogP contribution < -0.4 is 5.32 Å². The van der Waals surface area contributed by atoms with Gasteiger partial charge in [0.15, 0.2) is 0 Å². The van der Waals surface area contributed by atoms with E-state index in [-0.39, 0.29) is 5.54 Å². The fourth-order valence-electron chi connectivity index (χ4n) is 3.09. The maximum absolute atomic E-state index is 3.68. The Bertz CT molecular complexity index is 271. The minimum Gasteiger partial charge on any atom is -0.312 e. The van der Waals surface area contributed by atoms with Crippen molar-refractivity contribution in [3.63, 3.8) is 0 Å². The van der Waals surface area contributed by atoms with E-state index in [4.69, 9.17) is 0 Å². The van der Waals surface area contributed by atoms with Crippen LogP contribution in [0.15, 0.2) is 0 Å². The molecule has 1 heterocycles. The number of hydrogen-bond donors (Lipinski definition) is 1. The van der Waals surface area contributed by atoms with Crippen LogP contribution in [0.2, 0.25) is 0 Å². The van der Waals surface area contributed by atoms with Gasteiger partial charge in [0.25, 0.3) is 0 Å². The molecule has 1 N–H and O–H groups in total. The Morgan fingerprint density at radius 2 is 1.89 bits per heavy atom. The van der Waals surface area contributed by atoms with E-state index in [1.165, 1.54) is 39.0 Å². The topological polar surface area (TPSA) is 18.5 Å². The van der Waals surface area contributed by atoms with Gasteiger partial charge in [-0.2, -0.15) is 0 Å². The summed E-state index contributed by atoms with van der Waals surface area (Å²) in [5.41, 5.74) is 0.259. The average molecular weight is 253 g/mol. The molecular formula is C15H31N3. The predicted octanol–water partition coefficient (Wildman–Crippen LogP) is 1.79. The van der Waals surface area contributed by atoms with Gasteiger partial charge in [-0.25, -0.2) is 0 Å². The highest BCUT2D eigenvalue weighted by molar-refractivity contribution is 4.94. The maximum atomic E-state index is 3.68. The SMILES string of the molecule is CC1CN(C2CCC2CNC(C)(C)C)CCN1C. The molecule has 1 aliphatic carbocycles. The number of nitrogens with one attached hydrogen (secondary N) is 1.